The van der Waals surface area contributed by atoms with Gasteiger partial charge in [-0.25, -0.2) is 0 Å². The molecule has 3 aliphatic rings. The number of carbonyl (C=O) groups is 1. The molecular formula is C20H23ClN2O2. The minimum Gasteiger partial charge on any atom is -0.469 e. The Balaban J connectivity index is 1.67. The molecule has 4 nitrogen and oxygen atoms in total. The monoisotopic (exact) mass is 358 g/mol. The minimum atomic E-state index is -0.485. The summed E-state index contributed by atoms with van der Waals surface area (Å²) in [6.07, 6.45) is 4.32. The molecule has 0 amide bonds. The Bertz CT molecular complexity index is 773. The first kappa shape index (κ1) is 16.8. The van der Waals surface area contributed by atoms with Crippen molar-refractivity contribution >= 4 is 29.0 Å². The summed E-state index contributed by atoms with van der Waals surface area (Å²) in [5.74, 6) is 0.0477. The Kier molecular flexibility index (Phi) is 4.20. The van der Waals surface area contributed by atoms with Crippen LogP contribution in [-0.4, -0.2) is 42.8 Å². The van der Waals surface area contributed by atoms with Gasteiger partial charge in [-0.15, -0.1) is 11.6 Å². The van der Waals surface area contributed by atoms with Gasteiger partial charge in [0.2, 0.25) is 0 Å². The largest absolute Gasteiger partial charge is 0.469 e. The molecule has 1 aromatic carbocycles. The van der Waals surface area contributed by atoms with E-state index in [2.05, 4.69) is 24.0 Å². The number of aliphatic imine (C=N–C) groups is 1. The topological polar surface area (TPSA) is 41.9 Å². The number of alkyl halides is 1. The smallest absolute Gasteiger partial charge is 0.306 e. The zero-order valence-corrected chi connectivity index (χ0v) is 15.4. The molecular weight excluding hydrogens is 336 g/mol. The van der Waals surface area contributed by atoms with E-state index < -0.39 is 4.87 Å². The third-order valence-electron chi connectivity index (χ3n) is 5.91. The average molecular weight is 359 g/mol. The number of methoxy groups -OCH3 is 1. The summed E-state index contributed by atoms with van der Waals surface area (Å²) in [5, 5.41) is 0. The number of benzene rings is 1. The molecule has 0 bridgehead atoms. The van der Waals surface area contributed by atoms with Crippen molar-refractivity contribution < 1.29 is 9.53 Å². The van der Waals surface area contributed by atoms with Gasteiger partial charge >= 0.3 is 5.97 Å². The molecule has 3 heterocycles. The molecule has 25 heavy (non-hydrogen) atoms. The lowest BCUT2D eigenvalue weighted by molar-refractivity contribution is -0.141. The van der Waals surface area contributed by atoms with E-state index in [0.29, 0.717) is 6.42 Å². The number of hydrogen-bond acceptors (Lipinski definition) is 4. The van der Waals surface area contributed by atoms with Gasteiger partial charge in [-0.1, -0.05) is 29.8 Å². The van der Waals surface area contributed by atoms with Gasteiger partial charge in [0.15, 0.2) is 0 Å². The molecule has 3 aliphatic heterocycles. The predicted octanol–water partition coefficient (Wildman–Crippen LogP) is 3.81. The zero-order valence-electron chi connectivity index (χ0n) is 14.7. The first-order valence-corrected chi connectivity index (χ1v) is 9.28. The number of para-hydroxylation sites is 1. The Morgan fingerprint density at radius 3 is 3.04 bits per heavy atom. The second kappa shape index (κ2) is 6.26. The number of halogens is 1. The highest BCUT2D eigenvalue weighted by molar-refractivity contribution is 6.39. The highest BCUT2D eigenvalue weighted by Crippen LogP contribution is 2.51. The van der Waals surface area contributed by atoms with Crippen LogP contribution in [0.1, 0.15) is 31.7 Å². The van der Waals surface area contributed by atoms with E-state index in [-0.39, 0.29) is 17.9 Å². The van der Waals surface area contributed by atoms with Gasteiger partial charge < -0.3 is 4.74 Å². The molecule has 3 atom stereocenters. The first-order chi connectivity index (χ1) is 12.1. The van der Waals surface area contributed by atoms with Gasteiger partial charge in [0, 0.05) is 18.7 Å². The standard InChI is InChI=1S/C20H23ClN2O2/c1-3-13-12-23-9-8-20(21)15-6-4-5-7-16(15)22-19(20)17(23)10-14(13)11-18(24)25-2/h3-7,14,17H,8-12H2,1-2H3/b13-3-/t14-,17+,20?/m1/s1. The third-order valence-corrected chi connectivity index (χ3v) is 6.49. The highest BCUT2D eigenvalue weighted by atomic mass is 35.5. The van der Waals surface area contributed by atoms with Gasteiger partial charge in [-0.2, -0.15) is 0 Å². The second-order valence-corrected chi connectivity index (χ2v) is 7.77. The van der Waals surface area contributed by atoms with Gasteiger partial charge in [0.25, 0.3) is 0 Å². The van der Waals surface area contributed by atoms with Crippen LogP contribution in [-0.2, 0) is 14.4 Å². The molecule has 4 rings (SSSR count). The number of nitrogens with zero attached hydrogens (tertiary/aromatic N) is 2. The number of allylic oxidation sites excluding steroid dienone is 1. The number of rotatable bonds is 2. The van der Waals surface area contributed by atoms with E-state index >= 15 is 0 Å². The number of piperidine rings is 2. The van der Waals surface area contributed by atoms with Crippen LogP contribution in [0.5, 0.6) is 0 Å². The van der Waals surface area contributed by atoms with Crippen molar-refractivity contribution in [2.75, 3.05) is 20.2 Å². The summed E-state index contributed by atoms with van der Waals surface area (Å²) >= 11 is 7.11. The van der Waals surface area contributed by atoms with Crippen LogP contribution < -0.4 is 0 Å². The van der Waals surface area contributed by atoms with Crippen molar-refractivity contribution in [2.24, 2.45) is 10.9 Å². The summed E-state index contributed by atoms with van der Waals surface area (Å²) in [6.45, 7) is 3.88. The molecule has 0 radical (unpaired) electrons. The summed E-state index contributed by atoms with van der Waals surface area (Å²) in [5.41, 5.74) is 4.51. The molecule has 0 N–H and O–H groups in total. The lowest BCUT2D eigenvalue weighted by Crippen LogP contribution is -2.57. The predicted molar refractivity (Wildman–Crippen MR) is 99.5 cm³/mol. The fourth-order valence-corrected chi connectivity index (χ4v) is 4.96. The normalized spacial score (nSPS) is 32.6. The zero-order chi connectivity index (χ0) is 17.6. The number of fused-ring (bicyclic) bond motifs is 5. The molecule has 0 aliphatic carbocycles. The fraction of sp³-hybridized carbons (Fsp3) is 0.500. The van der Waals surface area contributed by atoms with Crippen LogP contribution in [0.3, 0.4) is 0 Å². The summed E-state index contributed by atoms with van der Waals surface area (Å²) < 4.78 is 4.90. The van der Waals surface area contributed by atoms with Gasteiger partial charge in [-0.3, -0.25) is 14.7 Å². The molecule has 0 spiro atoms. The second-order valence-electron chi connectivity index (χ2n) is 7.13. The van der Waals surface area contributed by atoms with Crippen LogP contribution >= 0.6 is 11.6 Å². The summed E-state index contributed by atoms with van der Waals surface area (Å²) in [6, 6.07) is 8.38. The lowest BCUT2D eigenvalue weighted by Gasteiger charge is -2.48. The Labute approximate surface area is 153 Å². The van der Waals surface area contributed by atoms with Crippen LogP contribution in [0.2, 0.25) is 0 Å². The van der Waals surface area contributed by atoms with Crippen molar-refractivity contribution in [2.45, 2.75) is 37.1 Å². The van der Waals surface area contributed by atoms with Crippen molar-refractivity contribution in [1.82, 2.24) is 4.90 Å². The van der Waals surface area contributed by atoms with E-state index in [1.165, 1.54) is 12.7 Å². The highest BCUT2D eigenvalue weighted by Gasteiger charge is 2.51. The van der Waals surface area contributed by atoms with Crippen LogP contribution in [0.25, 0.3) is 0 Å². The quantitative estimate of drug-likeness (QED) is 0.458. The van der Waals surface area contributed by atoms with Crippen molar-refractivity contribution in [1.29, 1.82) is 0 Å². The van der Waals surface area contributed by atoms with Crippen molar-refractivity contribution in [3.63, 3.8) is 0 Å². The molecule has 0 saturated carbocycles. The van der Waals surface area contributed by atoms with Gasteiger partial charge in [0.05, 0.1) is 31.0 Å². The van der Waals surface area contributed by atoms with Crippen molar-refractivity contribution in [3.05, 3.63) is 41.5 Å². The molecule has 1 unspecified atom stereocenters. The van der Waals surface area contributed by atoms with E-state index in [1.54, 1.807) is 0 Å². The van der Waals surface area contributed by atoms with E-state index in [0.717, 1.165) is 42.9 Å². The Hall–Kier alpha value is -1.65. The summed E-state index contributed by atoms with van der Waals surface area (Å²) in [4.78, 5) is 18.8. The molecule has 132 valence electrons. The van der Waals surface area contributed by atoms with Crippen molar-refractivity contribution in [3.8, 4) is 0 Å². The summed E-state index contributed by atoms with van der Waals surface area (Å²) in [7, 11) is 1.45. The number of ether oxygens (including phenoxy) is 1. The maximum atomic E-state index is 11.9. The first-order valence-electron chi connectivity index (χ1n) is 8.90. The number of carbonyl (C=O) groups excluding carboxylic acids is 1. The SMILES string of the molecule is C/C=C1/CN2CCC3(Cl)C(=Nc4ccccc43)[C@@H]2C[C@@H]1CC(=O)OC. The van der Waals surface area contributed by atoms with E-state index in [9.17, 15) is 4.79 Å². The molecule has 0 aromatic heterocycles. The molecule has 2 fully saturated rings. The molecule has 2 saturated heterocycles. The lowest BCUT2D eigenvalue weighted by atomic mass is 9.75. The molecule has 1 aromatic rings. The minimum absolute atomic E-state index is 0.151. The molecule has 5 heteroatoms. The van der Waals surface area contributed by atoms with Gasteiger partial charge in [0.1, 0.15) is 4.87 Å². The van der Waals surface area contributed by atoms with Crippen LogP contribution in [0.15, 0.2) is 40.9 Å². The van der Waals surface area contributed by atoms with Crippen LogP contribution in [0, 0.1) is 5.92 Å². The fourth-order valence-electron chi connectivity index (χ4n) is 4.55. The number of hydrogen-bond donors (Lipinski definition) is 0. The Morgan fingerprint density at radius 1 is 1.48 bits per heavy atom. The van der Waals surface area contributed by atoms with Gasteiger partial charge in [-0.05, 0) is 31.7 Å². The maximum Gasteiger partial charge on any atom is 0.306 e. The maximum absolute atomic E-state index is 11.9. The Morgan fingerprint density at radius 2 is 2.28 bits per heavy atom. The third kappa shape index (κ3) is 2.63. The van der Waals surface area contributed by atoms with E-state index in [4.69, 9.17) is 21.3 Å². The average Bonchev–Trinajstić information content (AvgIpc) is 2.94. The number of esters is 1. The van der Waals surface area contributed by atoms with Crippen LogP contribution in [0.4, 0.5) is 5.69 Å². The van der Waals surface area contributed by atoms with E-state index in [1.807, 2.05) is 18.2 Å².